The lowest BCUT2D eigenvalue weighted by Crippen LogP contribution is -2.47. The topological polar surface area (TPSA) is 61.4 Å². The molecule has 1 atom stereocenters. The minimum Gasteiger partial charge on any atom is -0.333 e. The molecule has 1 fully saturated rings. The van der Waals surface area contributed by atoms with Crippen molar-refractivity contribution in [3.05, 3.63) is 52.2 Å². The number of amides is 3. The highest BCUT2D eigenvalue weighted by Gasteiger charge is 2.28. The molecule has 2 N–H and O–H groups in total. The maximum Gasteiger partial charge on any atom is 0.317 e. The number of carbonyl (C=O) groups is 2. The summed E-state index contributed by atoms with van der Waals surface area (Å²) in [4.78, 5) is 28.1. The summed E-state index contributed by atoms with van der Waals surface area (Å²) >= 11 is 1.62. The van der Waals surface area contributed by atoms with Crippen molar-refractivity contribution in [3.63, 3.8) is 0 Å². The maximum absolute atomic E-state index is 12.8. The van der Waals surface area contributed by atoms with E-state index in [-0.39, 0.29) is 17.9 Å². The third kappa shape index (κ3) is 5.10. The van der Waals surface area contributed by atoms with Gasteiger partial charge in [0, 0.05) is 23.7 Å². The van der Waals surface area contributed by atoms with E-state index in [0.717, 1.165) is 29.0 Å². The number of nitrogens with one attached hydrogen (secondary N) is 2. The van der Waals surface area contributed by atoms with Crippen LogP contribution in [0.5, 0.6) is 0 Å². The van der Waals surface area contributed by atoms with E-state index in [1.165, 1.54) is 0 Å². The number of urea groups is 1. The summed E-state index contributed by atoms with van der Waals surface area (Å²) < 4.78 is 0. The minimum atomic E-state index is -0.175. The van der Waals surface area contributed by atoms with Crippen LogP contribution in [0.25, 0.3) is 0 Å². The molecule has 1 aliphatic rings. The molecule has 144 valence electrons. The Labute approximate surface area is 164 Å². The number of para-hydroxylation sites is 1. The fourth-order valence-corrected chi connectivity index (χ4v) is 4.06. The summed E-state index contributed by atoms with van der Waals surface area (Å²) in [5, 5.41) is 8.03. The second kappa shape index (κ2) is 9.04. The Balaban J connectivity index is 1.57. The van der Waals surface area contributed by atoms with Gasteiger partial charge in [0.15, 0.2) is 0 Å². The highest BCUT2D eigenvalue weighted by Crippen LogP contribution is 2.25. The summed E-state index contributed by atoms with van der Waals surface area (Å²) in [5.74, 6) is 0.165. The van der Waals surface area contributed by atoms with Gasteiger partial charge in [-0.25, -0.2) is 4.79 Å². The Kier molecular flexibility index (Phi) is 6.50. The van der Waals surface area contributed by atoms with Crippen molar-refractivity contribution < 1.29 is 9.59 Å². The highest BCUT2D eigenvalue weighted by molar-refractivity contribution is 7.09. The van der Waals surface area contributed by atoms with E-state index < -0.39 is 0 Å². The zero-order chi connectivity index (χ0) is 19.2. The van der Waals surface area contributed by atoms with Gasteiger partial charge in [-0.2, -0.15) is 0 Å². The van der Waals surface area contributed by atoms with Crippen LogP contribution in [0.3, 0.4) is 0 Å². The highest BCUT2D eigenvalue weighted by atomic mass is 32.1. The fraction of sp³-hybridized carbons (Fsp3) is 0.429. The quantitative estimate of drug-likeness (QED) is 0.800. The van der Waals surface area contributed by atoms with E-state index in [0.29, 0.717) is 25.6 Å². The molecule has 2 aromatic rings. The SMILES string of the molecule is CC(C)c1ccccc1NC(=O)C1CCCN(C(=O)NCc2cccs2)C1. The van der Waals surface area contributed by atoms with Gasteiger partial charge in [0.1, 0.15) is 0 Å². The van der Waals surface area contributed by atoms with Crippen LogP contribution in [0.1, 0.15) is 43.0 Å². The molecular formula is C21H27N3O2S. The van der Waals surface area contributed by atoms with E-state index in [9.17, 15) is 9.59 Å². The molecule has 0 saturated carbocycles. The molecule has 0 radical (unpaired) electrons. The van der Waals surface area contributed by atoms with Crippen molar-refractivity contribution in [1.82, 2.24) is 10.2 Å². The molecule has 0 aliphatic carbocycles. The van der Waals surface area contributed by atoms with Crippen molar-refractivity contribution in [3.8, 4) is 0 Å². The maximum atomic E-state index is 12.8. The lowest BCUT2D eigenvalue weighted by molar-refractivity contribution is -0.121. The van der Waals surface area contributed by atoms with Crippen molar-refractivity contribution in [2.45, 2.75) is 39.2 Å². The summed E-state index contributed by atoms with van der Waals surface area (Å²) in [7, 11) is 0. The number of rotatable bonds is 5. The van der Waals surface area contributed by atoms with E-state index in [1.807, 2.05) is 41.8 Å². The second-order valence-corrected chi connectivity index (χ2v) is 8.29. The molecule has 1 saturated heterocycles. The summed E-state index contributed by atoms with van der Waals surface area (Å²) in [6.07, 6.45) is 1.65. The number of piperidine rings is 1. The number of carbonyl (C=O) groups excluding carboxylic acids is 2. The molecule has 0 bridgehead atoms. The number of likely N-dealkylation sites (tertiary alicyclic amines) is 1. The van der Waals surface area contributed by atoms with Crippen LogP contribution in [-0.2, 0) is 11.3 Å². The van der Waals surface area contributed by atoms with Gasteiger partial charge in [0.25, 0.3) is 0 Å². The smallest absolute Gasteiger partial charge is 0.317 e. The molecule has 2 heterocycles. The third-order valence-electron chi connectivity index (χ3n) is 4.91. The Morgan fingerprint density at radius 3 is 2.78 bits per heavy atom. The molecule has 1 aromatic carbocycles. The molecule has 1 aromatic heterocycles. The normalized spacial score (nSPS) is 17.0. The number of nitrogens with zero attached hydrogens (tertiary/aromatic N) is 1. The third-order valence-corrected chi connectivity index (χ3v) is 5.79. The molecule has 27 heavy (non-hydrogen) atoms. The van der Waals surface area contributed by atoms with Gasteiger partial charge in [-0.05, 0) is 41.8 Å². The first-order valence-corrected chi connectivity index (χ1v) is 10.4. The monoisotopic (exact) mass is 385 g/mol. The van der Waals surface area contributed by atoms with Crippen LogP contribution in [0, 0.1) is 5.92 Å². The summed E-state index contributed by atoms with van der Waals surface area (Å²) in [6.45, 7) is 5.93. The molecule has 3 rings (SSSR count). The number of thiophene rings is 1. The van der Waals surface area contributed by atoms with E-state index >= 15 is 0 Å². The first kappa shape index (κ1) is 19.4. The van der Waals surface area contributed by atoms with Crippen molar-refractivity contribution in [2.24, 2.45) is 5.92 Å². The van der Waals surface area contributed by atoms with Gasteiger partial charge in [-0.15, -0.1) is 11.3 Å². The van der Waals surface area contributed by atoms with Gasteiger partial charge in [0.05, 0.1) is 12.5 Å². The first-order valence-electron chi connectivity index (χ1n) is 9.49. The van der Waals surface area contributed by atoms with Crippen molar-refractivity contribution in [2.75, 3.05) is 18.4 Å². The van der Waals surface area contributed by atoms with E-state index in [4.69, 9.17) is 0 Å². The number of hydrogen-bond acceptors (Lipinski definition) is 3. The summed E-state index contributed by atoms with van der Waals surface area (Å²) in [5.41, 5.74) is 2.00. The standard InChI is InChI=1S/C21H27N3O2S/c1-15(2)18-9-3-4-10-19(18)23-20(25)16-7-5-11-24(14-16)21(26)22-13-17-8-6-12-27-17/h3-4,6,8-10,12,15-16H,5,7,11,13-14H2,1-2H3,(H,22,26)(H,23,25). The first-order chi connectivity index (χ1) is 13.0. The van der Waals surface area contributed by atoms with Gasteiger partial charge >= 0.3 is 6.03 Å². The second-order valence-electron chi connectivity index (χ2n) is 7.25. The Hall–Kier alpha value is -2.34. The van der Waals surface area contributed by atoms with Crippen LogP contribution in [0.2, 0.25) is 0 Å². The molecule has 6 heteroatoms. The van der Waals surface area contributed by atoms with Gasteiger partial charge in [-0.3, -0.25) is 4.79 Å². The van der Waals surface area contributed by atoms with Gasteiger partial charge < -0.3 is 15.5 Å². The lowest BCUT2D eigenvalue weighted by atomic mass is 9.96. The van der Waals surface area contributed by atoms with Crippen LogP contribution < -0.4 is 10.6 Å². The largest absolute Gasteiger partial charge is 0.333 e. The van der Waals surface area contributed by atoms with Gasteiger partial charge in [0.2, 0.25) is 5.91 Å². The molecule has 5 nitrogen and oxygen atoms in total. The van der Waals surface area contributed by atoms with Crippen LogP contribution >= 0.6 is 11.3 Å². The molecule has 3 amide bonds. The number of hydrogen-bond donors (Lipinski definition) is 2. The average molecular weight is 386 g/mol. The van der Waals surface area contributed by atoms with E-state index in [2.05, 4.69) is 24.5 Å². The minimum absolute atomic E-state index is 0.00106. The molecule has 0 spiro atoms. The lowest BCUT2D eigenvalue weighted by Gasteiger charge is -2.32. The van der Waals surface area contributed by atoms with Crippen LogP contribution in [0.15, 0.2) is 41.8 Å². The van der Waals surface area contributed by atoms with Crippen LogP contribution in [-0.4, -0.2) is 29.9 Å². The predicted octanol–water partition coefficient (Wildman–Crippen LogP) is 4.43. The molecule has 1 aliphatic heterocycles. The molecule has 1 unspecified atom stereocenters. The zero-order valence-electron chi connectivity index (χ0n) is 15.9. The van der Waals surface area contributed by atoms with Gasteiger partial charge in [-0.1, -0.05) is 38.1 Å². The van der Waals surface area contributed by atoms with Crippen LogP contribution in [0.4, 0.5) is 10.5 Å². The fourth-order valence-electron chi connectivity index (χ4n) is 3.41. The van der Waals surface area contributed by atoms with Crippen molar-refractivity contribution >= 4 is 29.0 Å². The molecular weight excluding hydrogens is 358 g/mol. The Morgan fingerprint density at radius 2 is 2.04 bits per heavy atom. The average Bonchev–Trinajstić information content (AvgIpc) is 3.20. The van der Waals surface area contributed by atoms with Crippen molar-refractivity contribution in [1.29, 1.82) is 0 Å². The zero-order valence-corrected chi connectivity index (χ0v) is 16.7. The summed E-state index contributed by atoms with van der Waals surface area (Å²) in [6, 6.07) is 11.8. The Morgan fingerprint density at radius 1 is 1.22 bits per heavy atom. The van der Waals surface area contributed by atoms with E-state index in [1.54, 1.807) is 16.2 Å². The predicted molar refractivity (Wildman–Crippen MR) is 110 cm³/mol. The number of benzene rings is 1. The number of anilines is 1. The Bertz CT molecular complexity index is 773.